The summed E-state index contributed by atoms with van der Waals surface area (Å²) in [5.41, 5.74) is 3.34. The molecule has 1 aromatic carbocycles. The van der Waals surface area contributed by atoms with Crippen molar-refractivity contribution in [1.82, 2.24) is 4.98 Å². The first-order valence-electron chi connectivity index (χ1n) is 6.21. The SMILES string of the molecule is CNc1cc(N=Nc2cccs2)cc(-c2csc(=O)[nH]2)c1. The van der Waals surface area contributed by atoms with Crippen molar-refractivity contribution in [3.63, 3.8) is 0 Å². The standard InChI is InChI=1S/C14H12N4OS2/c1-15-10-5-9(12-8-21-14(19)16-12)6-11(7-10)17-18-13-3-2-4-20-13/h2-8,15H,1H3,(H,16,19). The average Bonchev–Trinajstić information content (AvgIpc) is 3.16. The second kappa shape index (κ2) is 6.02. The lowest BCUT2D eigenvalue weighted by Crippen LogP contribution is -1.93. The molecule has 5 nitrogen and oxygen atoms in total. The summed E-state index contributed by atoms with van der Waals surface area (Å²) in [5, 5.41) is 16.2. The van der Waals surface area contributed by atoms with Crippen LogP contribution in [0.4, 0.5) is 16.4 Å². The topological polar surface area (TPSA) is 69.6 Å². The third-order valence-corrected chi connectivity index (χ3v) is 4.23. The zero-order chi connectivity index (χ0) is 14.7. The predicted molar refractivity (Wildman–Crippen MR) is 88.4 cm³/mol. The van der Waals surface area contributed by atoms with Gasteiger partial charge in [0, 0.05) is 23.7 Å². The summed E-state index contributed by atoms with van der Waals surface area (Å²) >= 11 is 2.68. The van der Waals surface area contributed by atoms with E-state index in [1.165, 1.54) is 11.3 Å². The van der Waals surface area contributed by atoms with Crippen LogP contribution in [0.25, 0.3) is 11.3 Å². The molecule has 3 rings (SSSR count). The van der Waals surface area contributed by atoms with Crippen molar-refractivity contribution in [3.05, 3.63) is 50.8 Å². The molecular formula is C14H12N4OS2. The molecule has 0 aliphatic carbocycles. The molecule has 0 spiro atoms. The highest BCUT2D eigenvalue weighted by Gasteiger charge is 2.05. The minimum absolute atomic E-state index is 0.0679. The minimum Gasteiger partial charge on any atom is -0.388 e. The number of rotatable bonds is 4. The lowest BCUT2D eigenvalue weighted by atomic mass is 10.1. The fourth-order valence-electron chi connectivity index (χ4n) is 1.82. The van der Waals surface area contributed by atoms with E-state index in [2.05, 4.69) is 20.5 Å². The number of nitrogens with zero attached hydrogens (tertiary/aromatic N) is 2. The average molecular weight is 316 g/mol. The van der Waals surface area contributed by atoms with Crippen LogP contribution in [0.5, 0.6) is 0 Å². The maximum Gasteiger partial charge on any atom is 0.304 e. The molecule has 0 unspecified atom stereocenters. The molecule has 3 aromatic rings. The van der Waals surface area contributed by atoms with E-state index >= 15 is 0 Å². The zero-order valence-electron chi connectivity index (χ0n) is 11.2. The molecule has 2 aromatic heterocycles. The summed E-state index contributed by atoms with van der Waals surface area (Å²) < 4.78 is 0. The van der Waals surface area contributed by atoms with E-state index < -0.39 is 0 Å². The van der Waals surface area contributed by atoms with Crippen LogP contribution < -0.4 is 10.2 Å². The summed E-state index contributed by atoms with van der Waals surface area (Å²) in [6.07, 6.45) is 0. The van der Waals surface area contributed by atoms with Gasteiger partial charge in [-0.2, -0.15) is 0 Å². The first kappa shape index (κ1) is 13.7. The van der Waals surface area contributed by atoms with Gasteiger partial charge in [0.2, 0.25) is 0 Å². The van der Waals surface area contributed by atoms with Crippen LogP contribution >= 0.6 is 22.7 Å². The highest BCUT2D eigenvalue weighted by Crippen LogP contribution is 2.29. The van der Waals surface area contributed by atoms with Gasteiger partial charge >= 0.3 is 4.87 Å². The molecule has 0 aliphatic heterocycles. The third kappa shape index (κ3) is 3.26. The molecule has 21 heavy (non-hydrogen) atoms. The second-order valence-electron chi connectivity index (χ2n) is 4.23. The van der Waals surface area contributed by atoms with Gasteiger partial charge in [0.25, 0.3) is 0 Å². The Bertz CT molecular complexity index is 818. The van der Waals surface area contributed by atoms with Crippen molar-refractivity contribution < 1.29 is 0 Å². The van der Waals surface area contributed by atoms with Crippen molar-refractivity contribution in [2.75, 3.05) is 12.4 Å². The molecule has 0 saturated carbocycles. The van der Waals surface area contributed by atoms with E-state index in [9.17, 15) is 4.79 Å². The number of thiazole rings is 1. The number of azo groups is 1. The maximum atomic E-state index is 11.3. The molecule has 2 heterocycles. The molecule has 0 bridgehead atoms. The highest BCUT2D eigenvalue weighted by molar-refractivity contribution is 7.13. The molecule has 2 N–H and O–H groups in total. The summed E-state index contributed by atoms with van der Waals surface area (Å²) in [6, 6.07) is 9.61. The van der Waals surface area contributed by atoms with Crippen LogP contribution in [-0.2, 0) is 0 Å². The van der Waals surface area contributed by atoms with Crippen LogP contribution in [0.1, 0.15) is 0 Å². The monoisotopic (exact) mass is 316 g/mol. The lowest BCUT2D eigenvalue weighted by molar-refractivity contribution is 1.25. The Labute approximate surface area is 129 Å². The summed E-state index contributed by atoms with van der Waals surface area (Å²) in [7, 11) is 1.84. The largest absolute Gasteiger partial charge is 0.388 e. The van der Waals surface area contributed by atoms with E-state index in [1.807, 2.05) is 42.8 Å². The summed E-state index contributed by atoms with van der Waals surface area (Å²) in [6.45, 7) is 0. The number of H-pyrrole nitrogens is 1. The normalized spacial score (nSPS) is 11.1. The fourth-order valence-corrected chi connectivity index (χ4v) is 2.95. The number of anilines is 1. The molecule has 0 saturated heterocycles. The fraction of sp³-hybridized carbons (Fsp3) is 0.0714. The molecule has 0 fully saturated rings. The predicted octanol–water partition coefficient (Wildman–Crippen LogP) is 4.62. The Balaban J connectivity index is 1.99. The second-order valence-corrected chi connectivity index (χ2v) is 6.00. The van der Waals surface area contributed by atoms with Gasteiger partial charge in [-0.3, -0.25) is 4.79 Å². The van der Waals surface area contributed by atoms with Crippen molar-refractivity contribution in [3.8, 4) is 11.3 Å². The number of aromatic nitrogens is 1. The number of hydrogen-bond donors (Lipinski definition) is 2. The number of nitrogens with one attached hydrogen (secondary N) is 2. The first-order valence-corrected chi connectivity index (χ1v) is 7.97. The third-order valence-electron chi connectivity index (χ3n) is 2.81. The highest BCUT2D eigenvalue weighted by atomic mass is 32.1. The van der Waals surface area contributed by atoms with Crippen molar-refractivity contribution >= 4 is 39.0 Å². The summed E-state index contributed by atoms with van der Waals surface area (Å²) in [5.74, 6) is 0. The first-order chi connectivity index (χ1) is 10.2. The van der Waals surface area contributed by atoms with Gasteiger partial charge in [0.15, 0.2) is 0 Å². The molecule has 0 atom stereocenters. The Morgan fingerprint density at radius 3 is 2.76 bits per heavy atom. The van der Waals surface area contributed by atoms with Gasteiger partial charge in [-0.1, -0.05) is 11.3 Å². The number of benzene rings is 1. The number of thiophene rings is 1. The van der Waals surface area contributed by atoms with Crippen LogP contribution in [0.2, 0.25) is 0 Å². The lowest BCUT2D eigenvalue weighted by Gasteiger charge is -2.05. The molecule has 0 amide bonds. The van der Waals surface area contributed by atoms with Crippen molar-refractivity contribution in [2.24, 2.45) is 10.2 Å². The van der Waals surface area contributed by atoms with Crippen LogP contribution in [0, 0.1) is 0 Å². The molecule has 7 heteroatoms. The van der Waals surface area contributed by atoms with E-state index in [-0.39, 0.29) is 4.87 Å². The van der Waals surface area contributed by atoms with Gasteiger partial charge in [-0.25, -0.2) is 0 Å². The number of hydrogen-bond acceptors (Lipinski definition) is 6. The van der Waals surface area contributed by atoms with Gasteiger partial charge in [-0.15, -0.1) is 21.6 Å². The maximum absolute atomic E-state index is 11.3. The van der Waals surface area contributed by atoms with E-state index in [0.29, 0.717) is 0 Å². The van der Waals surface area contributed by atoms with Crippen LogP contribution in [0.3, 0.4) is 0 Å². The van der Waals surface area contributed by atoms with Crippen molar-refractivity contribution in [1.29, 1.82) is 0 Å². The molecule has 0 aliphatic rings. The Hall–Kier alpha value is -2.25. The molecule has 0 radical (unpaired) electrons. The Kier molecular flexibility index (Phi) is 3.94. The van der Waals surface area contributed by atoms with Gasteiger partial charge in [0.05, 0.1) is 11.4 Å². The van der Waals surface area contributed by atoms with E-state index in [1.54, 1.807) is 5.38 Å². The van der Waals surface area contributed by atoms with Crippen LogP contribution in [-0.4, -0.2) is 12.0 Å². The zero-order valence-corrected chi connectivity index (χ0v) is 12.8. The Morgan fingerprint density at radius 2 is 2.10 bits per heavy atom. The van der Waals surface area contributed by atoms with Gasteiger partial charge in [0.1, 0.15) is 5.00 Å². The van der Waals surface area contributed by atoms with Gasteiger partial charge in [-0.05, 0) is 35.7 Å². The molecular weight excluding hydrogens is 304 g/mol. The quantitative estimate of drug-likeness (QED) is 0.689. The van der Waals surface area contributed by atoms with Crippen LogP contribution in [0.15, 0.2) is 56.1 Å². The smallest absolute Gasteiger partial charge is 0.304 e. The Morgan fingerprint density at radius 1 is 1.19 bits per heavy atom. The van der Waals surface area contributed by atoms with Gasteiger partial charge < -0.3 is 10.3 Å². The summed E-state index contributed by atoms with van der Waals surface area (Å²) in [4.78, 5) is 14.0. The van der Waals surface area contributed by atoms with E-state index in [4.69, 9.17) is 0 Å². The minimum atomic E-state index is -0.0679. The number of aromatic amines is 1. The van der Waals surface area contributed by atoms with E-state index in [0.717, 1.165) is 39.0 Å². The van der Waals surface area contributed by atoms with Crippen molar-refractivity contribution in [2.45, 2.75) is 0 Å². The molecule has 106 valence electrons.